The molecule has 0 fully saturated rings. The molecule has 0 saturated carbocycles. The van der Waals surface area contributed by atoms with Gasteiger partial charge in [0.15, 0.2) is 0 Å². The average molecular weight is 187 g/mol. The molecule has 9 heavy (non-hydrogen) atoms. The molecule has 0 aliphatic rings. The molecule has 0 aromatic carbocycles. The predicted octanol–water partition coefficient (Wildman–Crippen LogP) is 0.373. The fourth-order valence-electron chi connectivity index (χ4n) is 0.222. The first-order valence-corrected chi connectivity index (χ1v) is 4.25. The van der Waals surface area contributed by atoms with Crippen molar-refractivity contribution in [3.63, 3.8) is 0 Å². The van der Waals surface area contributed by atoms with E-state index in [-0.39, 0.29) is 11.2 Å². The van der Waals surface area contributed by atoms with E-state index < -0.39 is 11.4 Å². The fourth-order valence-corrected chi connectivity index (χ4v) is 0.665. The van der Waals surface area contributed by atoms with E-state index in [9.17, 15) is 8.76 Å². The van der Waals surface area contributed by atoms with Crippen LogP contribution in [-0.4, -0.2) is 20.0 Å². The lowest BCUT2D eigenvalue weighted by Crippen LogP contribution is -2.01. The summed E-state index contributed by atoms with van der Waals surface area (Å²) in [7, 11) is 0. The fraction of sp³-hybridized carbons (Fsp3) is 1.00. The molecule has 0 aromatic heterocycles. The van der Waals surface area contributed by atoms with Crippen molar-refractivity contribution in [2.45, 2.75) is 11.0 Å². The lowest BCUT2D eigenvalue weighted by atomic mass is 10.5. The van der Waals surface area contributed by atoms with Gasteiger partial charge in [0.25, 0.3) is 0 Å². The van der Waals surface area contributed by atoms with E-state index in [0.29, 0.717) is 6.42 Å². The van der Waals surface area contributed by atoms with Gasteiger partial charge in [-0.15, -0.1) is 0 Å². The Bertz CT molecular complexity index is 94.3. The molecule has 0 saturated heterocycles. The molecule has 0 rings (SSSR count). The van der Waals surface area contributed by atoms with Crippen LogP contribution in [-0.2, 0) is 15.5 Å². The largest absolute Gasteiger partial charge is 0.750 e. The summed E-state index contributed by atoms with van der Waals surface area (Å²) < 4.78 is 23.5. The Morgan fingerprint density at radius 3 is 2.56 bits per heavy atom. The van der Waals surface area contributed by atoms with Gasteiger partial charge in [-0.3, -0.25) is 0 Å². The first-order chi connectivity index (χ1) is 4.13. The minimum Gasteiger partial charge on any atom is -0.750 e. The molecule has 1 atom stereocenters. The highest BCUT2D eigenvalue weighted by molar-refractivity contribution is 7.99. The normalized spacial score (nSPS) is 14.2. The zero-order valence-corrected chi connectivity index (χ0v) is 7.12. The molecule has 0 N–H and O–H groups in total. The monoisotopic (exact) mass is 187 g/mol. The highest BCUT2D eigenvalue weighted by Crippen LogP contribution is 2.04. The third-order valence-electron chi connectivity index (χ3n) is 0.556. The van der Waals surface area contributed by atoms with Gasteiger partial charge in [-0.05, 0) is 6.42 Å². The van der Waals surface area contributed by atoms with Crippen molar-refractivity contribution in [1.29, 1.82) is 0 Å². The molecule has 0 amide bonds. The summed E-state index contributed by atoms with van der Waals surface area (Å²) in [6.45, 7) is 0.147. The van der Waals surface area contributed by atoms with Gasteiger partial charge in [0.05, 0.1) is 18.0 Å². The van der Waals surface area contributed by atoms with Gasteiger partial charge in [0, 0.05) is 4.58 Å². The number of rotatable bonds is 4. The summed E-state index contributed by atoms with van der Waals surface area (Å²) in [5, 5.41) is 0. The Hall–Kier alpha value is 0.770. The molecule has 56 valence electrons. The standard InChI is InChI=1S/C3H8O3S3/c4-9(5)6-2-1-3(7)8/h3,7-8H,1-2H2,(H,4,5)/p-1. The van der Waals surface area contributed by atoms with Crippen LogP contribution in [0.2, 0.25) is 0 Å². The number of hydrogen-bond acceptors (Lipinski definition) is 5. The molecular weight excluding hydrogens is 180 g/mol. The van der Waals surface area contributed by atoms with E-state index in [2.05, 4.69) is 29.4 Å². The maximum absolute atomic E-state index is 9.71. The van der Waals surface area contributed by atoms with E-state index in [4.69, 9.17) is 0 Å². The second-order valence-corrected chi connectivity index (χ2v) is 3.59. The van der Waals surface area contributed by atoms with Gasteiger partial charge in [-0.1, -0.05) is 0 Å². The number of hydrogen-bond donors (Lipinski definition) is 2. The molecule has 1 unspecified atom stereocenters. The minimum absolute atomic E-state index is 0.117. The first kappa shape index (κ1) is 9.77. The molecule has 0 aromatic rings. The summed E-state index contributed by atoms with van der Waals surface area (Å²) in [5.41, 5.74) is 0. The molecule has 0 aliphatic carbocycles. The van der Waals surface area contributed by atoms with Gasteiger partial charge >= 0.3 is 0 Å². The van der Waals surface area contributed by atoms with Gasteiger partial charge in [-0.25, -0.2) is 4.21 Å². The highest BCUT2D eigenvalue weighted by atomic mass is 32.2. The highest BCUT2D eigenvalue weighted by Gasteiger charge is 1.93. The van der Waals surface area contributed by atoms with Crippen LogP contribution >= 0.6 is 25.3 Å². The van der Waals surface area contributed by atoms with E-state index in [1.54, 1.807) is 0 Å². The van der Waals surface area contributed by atoms with Crippen molar-refractivity contribution in [3.05, 3.63) is 0 Å². The molecular formula is C3H7O3S3-. The third kappa shape index (κ3) is 8.77. The van der Waals surface area contributed by atoms with E-state index in [1.807, 2.05) is 0 Å². The van der Waals surface area contributed by atoms with Crippen molar-refractivity contribution < 1.29 is 12.9 Å². The first-order valence-electron chi connectivity index (χ1n) is 2.21. The van der Waals surface area contributed by atoms with Crippen molar-refractivity contribution in [2.24, 2.45) is 0 Å². The maximum atomic E-state index is 9.71. The van der Waals surface area contributed by atoms with Crippen molar-refractivity contribution >= 4 is 36.6 Å². The summed E-state index contributed by atoms with van der Waals surface area (Å²) in [5.74, 6) is 0. The van der Waals surface area contributed by atoms with Gasteiger partial charge in [-0.2, -0.15) is 25.3 Å². The lowest BCUT2D eigenvalue weighted by molar-refractivity contribution is 0.300. The van der Waals surface area contributed by atoms with Crippen LogP contribution in [0.1, 0.15) is 6.42 Å². The van der Waals surface area contributed by atoms with Gasteiger partial charge in [0.2, 0.25) is 0 Å². The summed E-state index contributed by atoms with van der Waals surface area (Å²) in [6, 6.07) is 0. The van der Waals surface area contributed by atoms with E-state index in [0.717, 1.165) is 0 Å². The Kier molecular flexibility index (Phi) is 6.02. The smallest absolute Gasteiger partial charge is 0.0842 e. The lowest BCUT2D eigenvalue weighted by Gasteiger charge is -2.05. The predicted molar refractivity (Wildman–Crippen MR) is 41.2 cm³/mol. The Labute approximate surface area is 67.5 Å². The van der Waals surface area contributed by atoms with E-state index in [1.165, 1.54) is 0 Å². The Morgan fingerprint density at radius 2 is 2.22 bits per heavy atom. The van der Waals surface area contributed by atoms with Crippen LogP contribution in [0.25, 0.3) is 0 Å². The SMILES string of the molecule is O=S([O-])OCCC(S)S. The quantitative estimate of drug-likeness (QED) is 0.380. The molecule has 0 spiro atoms. The minimum atomic E-state index is -2.40. The molecule has 0 bridgehead atoms. The molecule has 6 heteroatoms. The third-order valence-corrected chi connectivity index (χ3v) is 1.43. The van der Waals surface area contributed by atoms with Gasteiger partial charge < -0.3 is 8.74 Å². The summed E-state index contributed by atoms with van der Waals surface area (Å²) in [4.78, 5) is 0. The molecule has 3 nitrogen and oxygen atoms in total. The van der Waals surface area contributed by atoms with E-state index >= 15 is 0 Å². The van der Waals surface area contributed by atoms with Crippen LogP contribution in [0.15, 0.2) is 0 Å². The average Bonchev–Trinajstić information content (AvgIpc) is 1.63. The van der Waals surface area contributed by atoms with Crippen LogP contribution in [0, 0.1) is 0 Å². The molecule has 0 aliphatic heterocycles. The number of thiol groups is 2. The van der Waals surface area contributed by atoms with Crippen LogP contribution in [0.4, 0.5) is 0 Å². The van der Waals surface area contributed by atoms with Crippen LogP contribution < -0.4 is 0 Å². The van der Waals surface area contributed by atoms with Crippen molar-refractivity contribution in [2.75, 3.05) is 6.61 Å². The van der Waals surface area contributed by atoms with Crippen LogP contribution in [0.5, 0.6) is 0 Å². The van der Waals surface area contributed by atoms with Crippen molar-refractivity contribution in [1.82, 2.24) is 0 Å². The Morgan fingerprint density at radius 1 is 1.67 bits per heavy atom. The molecule has 0 heterocycles. The summed E-state index contributed by atoms with van der Waals surface area (Å²) in [6.07, 6.45) is 0.514. The second-order valence-electron chi connectivity index (χ2n) is 1.30. The second kappa shape index (κ2) is 5.55. The Balaban J connectivity index is 3.01. The van der Waals surface area contributed by atoms with Gasteiger partial charge in [0.1, 0.15) is 0 Å². The topological polar surface area (TPSA) is 49.4 Å². The summed E-state index contributed by atoms with van der Waals surface area (Å²) >= 11 is 5.37. The molecule has 0 radical (unpaired) electrons. The van der Waals surface area contributed by atoms with Crippen LogP contribution in [0.3, 0.4) is 0 Å². The van der Waals surface area contributed by atoms with Crippen molar-refractivity contribution in [3.8, 4) is 0 Å². The zero-order chi connectivity index (χ0) is 7.28. The zero-order valence-electron chi connectivity index (χ0n) is 4.52. The maximum Gasteiger partial charge on any atom is 0.0842 e.